The lowest BCUT2D eigenvalue weighted by Crippen LogP contribution is -2.26. The number of aromatic nitrogens is 1. The monoisotopic (exact) mass is 411 g/mol. The number of rotatable bonds is 2. The number of hydrogen-bond donors (Lipinski definition) is 0. The van der Waals surface area contributed by atoms with Crippen molar-refractivity contribution in [3.8, 4) is 11.8 Å². The summed E-state index contributed by atoms with van der Waals surface area (Å²) in [5.41, 5.74) is 3.90. The first-order valence-electron chi connectivity index (χ1n) is 8.12. The highest BCUT2D eigenvalue weighted by Gasteiger charge is 2.28. The number of aryl methyl sites for hydroxylation is 2. The van der Waals surface area contributed by atoms with Gasteiger partial charge in [0.25, 0.3) is 5.91 Å². The fourth-order valence-corrected chi connectivity index (χ4v) is 3.40. The van der Waals surface area contributed by atoms with Crippen molar-refractivity contribution in [2.75, 3.05) is 11.9 Å². The van der Waals surface area contributed by atoms with Crippen LogP contribution in [0.5, 0.6) is 0 Å². The molecule has 0 unspecified atom stereocenters. The number of nitrogens with zero attached hydrogens (tertiary/aromatic N) is 3. The first-order valence-corrected chi connectivity index (χ1v) is 8.91. The van der Waals surface area contributed by atoms with Crippen LogP contribution in [0.1, 0.15) is 34.1 Å². The van der Waals surface area contributed by atoms with Crippen molar-refractivity contribution in [1.29, 1.82) is 0 Å². The number of carbonyl (C=O) groups is 2. The second-order valence-electron chi connectivity index (χ2n) is 6.23. The molecule has 0 saturated heterocycles. The third kappa shape index (κ3) is 3.11. The van der Waals surface area contributed by atoms with Gasteiger partial charge >= 0.3 is 5.91 Å². The standard InChI is InChI=1S/C20H18BrN3O2/c1-5-6-19(25)24(17-10-12(2)15(21)9-13(17)3)18-8-7-14-16(22-18)11-23(4)20(14)26/h7-10H,11H2,1-4H3. The molecule has 1 aromatic carbocycles. The van der Waals surface area contributed by atoms with Crippen LogP contribution in [0.3, 0.4) is 0 Å². The van der Waals surface area contributed by atoms with Gasteiger partial charge in [-0.2, -0.15) is 0 Å². The van der Waals surface area contributed by atoms with E-state index in [1.165, 1.54) is 4.90 Å². The molecule has 0 atom stereocenters. The van der Waals surface area contributed by atoms with Gasteiger partial charge in [0.05, 0.1) is 23.5 Å². The molecular weight excluding hydrogens is 394 g/mol. The molecule has 1 aliphatic rings. The maximum absolute atomic E-state index is 12.7. The van der Waals surface area contributed by atoms with E-state index in [0.29, 0.717) is 23.6 Å². The third-order valence-electron chi connectivity index (χ3n) is 4.31. The van der Waals surface area contributed by atoms with Crippen LogP contribution in [0.4, 0.5) is 11.5 Å². The Kier molecular flexibility index (Phi) is 4.84. The first kappa shape index (κ1) is 18.2. The third-order valence-corrected chi connectivity index (χ3v) is 5.16. The Morgan fingerprint density at radius 2 is 2.00 bits per heavy atom. The molecule has 26 heavy (non-hydrogen) atoms. The lowest BCUT2D eigenvalue weighted by Gasteiger charge is -2.23. The Bertz CT molecular complexity index is 989. The molecule has 6 heteroatoms. The summed E-state index contributed by atoms with van der Waals surface area (Å²) in [7, 11) is 1.73. The lowest BCUT2D eigenvalue weighted by molar-refractivity contribution is -0.112. The zero-order valence-corrected chi connectivity index (χ0v) is 16.6. The minimum atomic E-state index is -0.359. The predicted molar refractivity (Wildman–Crippen MR) is 104 cm³/mol. The Morgan fingerprint density at radius 1 is 1.27 bits per heavy atom. The molecule has 0 bridgehead atoms. The molecule has 0 N–H and O–H groups in total. The van der Waals surface area contributed by atoms with E-state index in [1.807, 2.05) is 26.0 Å². The van der Waals surface area contributed by atoms with Gasteiger partial charge in [0, 0.05) is 11.5 Å². The van der Waals surface area contributed by atoms with E-state index in [4.69, 9.17) is 0 Å². The van der Waals surface area contributed by atoms with Gasteiger partial charge < -0.3 is 4.90 Å². The Balaban J connectivity index is 2.16. The number of anilines is 2. The van der Waals surface area contributed by atoms with Crippen LogP contribution < -0.4 is 4.90 Å². The molecule has 2 heterocycles. The van der Waals surface area contributed by atoms with E-state index in [0.717, 1.165) is 21.3 Å². The zero-order chi connectivity index (χ0) is 19.0. The van der Waals surface area contributed by atoms with E-state index in [-0.39, 0.29) is 11.8 Å². The number of amides is 2. The average molecular weight is 412 g/mol. The molecule has 0 saturated carbocycles. The van der Waals surface area contributed by atoms with Crippen molar-refractivity contribution in [3.63, 3.8) is 0 Å². The number of fused-ring (bicyclic) bond motifs is 1. The normalized spacial score (nSPS) is 12.5. The van der Waals surface area contributed by atoms with Crippen LogP contribution in [0, 0.1) is 25.7 Å². The van der Waals surface area contributed by atoms with Gasteiger partial charge in [-0.1, -0.05) is 21.9 Å². The summed E-state index contributed by atoms with van der Waals surface area (Å²) in [5.74, 6) is 5.30. The van der Waals surface area contributed by atoms with Crippen LogP contribution >= 0.6 is 15.9 Å². The molecule has 5 nitrogen and oxygen atoms in total. The van der Waals surface area contributed by atoms with Crippen molar-refractivity contribution >= 4 is 39.2 Å². The summed E-state index contributed by atoms with van der Waals surface area (Å²) in [4.78, 5) is 32.5. The summed E-state index contributed by atoms with van der Waals surface area (Å²) in [6.07, 6.45) is 0. The second-order valence-corrected chi connectivity index (χ2v) is 7.08. The topological polar surface area (TPSA) is 53.5 Å². The van der Waals surface area contributed by atoms with Crippen molar-refractivity contribution < 1.29 is 9.59 Å². The van der Waals surface area contributed by atoms with E-state index in [2.05, 4.69) is 32.8 Å². The van der Waals surface area contributed by atoms with Gasteiger partial charge in [-0.25, -0.2) is 4.98 Å². The van der Waals surface area contributed by atoms with Gasteiger partial charge in [-0.05, 0) is 62.1 Å². The van der Waals surface area contributed by atoms with Crippen LogP contribution in [0.15, 0.2) is 28.7 Å². The number of halogens is 1. The maximum Gasteiger partial charge on any atom is 0.308 e. The smallest absolute Gasteiger partial charge is 0.308 e. The summed E-state index contributed by atoms with van der Waals surface area (Å²) >= 11 is 3.52. The summed E-state index contributed by atoms with van der Waals surface area (Å²) in [6, 6.07) is 7.32. The second kappa shape index (κ2) is 6.93. The molecule has 0 radical (unpaired) electrons. The number of hydrogen-bond acceptors (Lipinski definition) is 3. The first-order chi connectivity index (χ1) is 12.3. The highest BCUT2D eigenvalue weighted by Crippen LogP contribution is 2.33. The van der Waals surface area contributed by atoms with Crippen LogP contribution in [0.2, 0.25) is 0 Å². The fraction of sp³-hybridized carbons (Fsp3) is 0.250. The van der Waals surface area contributed by atoms with Gasteiger partial charge in [-0.15, -0.1) is 0 Å². The van der Waals surface area contributed by atoms with Crippen LogP contribution in [-0.4, -0.2) is 28.7 Å². The molecule has 1 aliphatic heterocycles. The highest BCUT2D eigenvalue weighted by molar-refractivity contribution is 9.10. The van der Waals surface area contributed by atoms with E-state index >= 15 is 0 Å². The fourth-order valence-electron chi connectivity index (χ4n) is 2.94. The van der Waals surface area contributed by atoms with Crippen molar-refractivity contribution in [3.05, 3.63) is 51.1 Å². The molecular formula is C20H18BrN3O2. The molecule has 132 valence electrons. The van der Waals surface area contributed by atoms with Gasteiger partial charge in [0.2, 0.25) is 0 Å². The zero-order valence-electron chi connectivity index (χ0n) is 15.1. The molecule has 0 spiro atoms. The Labute approximate surface area is 161 Å². The van der Waals surface area contributed by atoms with Crippen molar-refractivity contribution in [1.82, 2.24) is 9.88 Å². The molecule has 1 aromatic heterocycles. The number of pyridine rings is 1. The molecule has 0 fully saturated rings. The van der Waals surface area contributed by atoms with Crippen LogP contribution in [-0.2, 0) is 11.3 Å². The number of carbonyl (C=O) groups excluding carboxylic acids is 2. The largest absolute Gasteiger partial charge is 0.336 e. The van der Waals surface area contributed by atoms with Crippen LogP contribution in [0.25, 0.3) is 0 Å². The minimum absolute atomic E-state index is 0.0547. The predicted octanol–water partition coefficient (Wildman–Crippen LogP) is 3.73. The number of benzene rings is 1. The maximum atomic E-state index is 12.7. The van der Waals surface area contributed by atoms with E-state index in [1.54, 1.807) is 31.0 Å². The van der Waals surface area contributed by atoms with Crippen molar-refractivity contribution in [2.45, 2.75) is 27.3 Å². The van der Waals surface area contributed by atoms with Gasteiger partial charge in [-0.3, -0.25) is 14.5 Å². The molecule has 3 rings (SSSR count). The quantitative estimate of drug-likeness (QED) is 0.707. The van der Waals surface area contributed by atoms with E-state index in [9.17, 15) is 9.59 Å². The average Bonchev–Trinajstić information content (AvgIpc) is 2.87. The Hall–Kier alpha value is -2.65. The Morgan fingerprint density at radius 3 is 2.69 bits per heavy atom. The minimum Gasteiger partial charge on any atom is -0.336 e. The van der Waals surface area contributed by atoms with Gasteiger partial charge in [0.15, 0.2) is 0 Å². The lowest BCUT2D eigenvalue weighted by atomic mass is 10.1. The van der Waals surface area contributed by atoms with Gasteiger partial charge in [0.1, 0.15) is 5.82 Å². The summed E-state index contributed by atoms with van der Waals surface area (Å²) < 4.78 is 0.974. The SMILES string of the molecule is CC#CC(=O)N(c1ccc2c(n1)CN(C)C2=O)c1cc(C)c(Br)cc1C. The highest BCUT2D eigenvalue weighted by atomic mass is 79.9. The molecule has 2 amide bonds. The summed E-state index contributed by atoms with van der Waals surface area (Å²) in [5, 5.41) is 0. The summed E-state index contributed by atoms with van der Waals surface area (Å²) in [6.45, 7) is 5.95. The molecule has 2 aromatic rings. The van der Waals surface area contributed by atoms with Crippen molar-refractivity contribution in [2.24, 2.45) is 0 Å². The molecule has 0 aliphatic carbocycles. The van der Waals surface area contributed by atoms with E-state index < -0.39 is 0 Å².